The predicted octanol–water partition coefficient (Wildman–Crippen LogP) is 3.38. The molecule has 0 aromatic heterocycles. The number of piperazine rings is 1. The van der Waals surface area contributed by atoms with E-state index < -0.39 is 5.82 Å². The van der Waals surface area contributed by atoms with Gasteiger partial charge in [0.1, 0.15) is 17.9 Å². The third-order valence-corrected chi connectivity index (χ3v) is 8.21. The topological polar surface area (TPSA) is 48.8 Å². The quantitative estimate of drug-likeness (QED) is 0.514. The summed E-state index contributed by atoms with van der Waals surface area (Å²) in [6, 6.07) is 13.1. The molecule has 8 heteroatoms. The van der Waals surface area contributed by atoms with Gasteiger partial charge in [-0.15, -0.1) is 0 Å². The zero-order chi connectivity index (χ0) is 24.8. The maximum atomic E-state index is 13.2. The number of hydrogen-bond donors (Lipinski definition) is 3. The molecule has 1 aliphatic heterocycles. The van der Waals surface area contributed by atoms with Crippen molar-refractivity contribution < 1.29 is 14.1 Å². The van der Waals surface area contributed by atoms with E-state index in [1.165, 1.54) is 55.4 Å². The molecule has 2 aromatic rings. The van der Waals surface area contributed by atoms with Crippen molar-refractivity contribution in [3.63, 3.8) is 0 Å². The average molecular weight is 518 g/mol. The van der Waals surface area contributed by atoms with Crippen LogP contribution >= 0.6 is 23.8 Å². The van der Waals surface area contributed by atoms with E-state index in [2.05, 4.69) is 46.7 Å². The standard InChI is InChI=1S/C27H34ClFN4OS/c1-20-5-7-21(8-6-20)18-33-14-13-32(19-27(33)11-3-2-4-12-27)26(35)31-17-25(34)30-16-22-9-10-23(29)15-24(22)28/h5-10,15H,2-4,11-14,16-19H2,1H3,(H,30,34)(H,31,35)/p+1. The Labute approximate surface area is 218 Å². The van der Waals surface area contributed by atoms with Gasteiger partial charge in [-0.3, -0.25) is 4.79 Å². The van der Waals surface area contributed by atoms with Crippen molar-refractivity contribution in [2.45, 2.75) is 57.7 Å². The zero-order valence-corrected chi connectivity index (χ0v) is 21.9. The number of thiocarbonyl (C=S) groups is 1. The van der Waals surface area contributed by atoms with Gasteiger partial charge in [-0.25, -0.2) is 4.39 Å². The van der Waals surface area contributed by atoms with Crippen LogP contribution in [0.2, 0.25) is 5.02 Å². The summed E-state index contributed by atoms with van der Waals surface area (Å²) in [7, 11) is 0. The second kappa shape index (κ2) is 11.7. The summed E-state index contributed by atoms with van der Waals surface area (Å²) in [5.41, 5.74) is 3.56. The normalized spacial score (nSPS) is 19.4. The largest absolute Gasteiger partial charge is 0.353 e. The molecular formula is C27H35ClFN4OS+. The molecule has 1 saturated carbocycles. The summed E-state index contributed by atoms with van der Waals surface area (Å²) in [6.07, 6.45) is 6.26. The van der Waals surface area contributed by atoms with E-state index in [0.717, 1.165) is 26.2 Å². The highest BCUT2D eigenvalue weighted by atomic mass is 35.5. The number of carbonyl (C=O) groups is 1. The monoisotopic (exact) mass is 517 g/mol. The molecule has 0 bridgehead atoms. The molecule has 35 heavy (non-hydrogen) atoms. The molecule has 1 spiro atoms. The van der Waals surface area contributed by atoms with Gasteiger partial charge in [0, 0.05) is 30.0 Å². The minimum absolute atomic E-state index is 0.0983. The highest BCUT2D eigenvalue weighted by Gasteiger charge is 2.46. The number of rotatable bonds is 6. The van der Waals surface area contributed by atoms with Gasteiger partial charge in [0.05, 0.1) is 26.2 Å². The van der Waals surface area contributed by atoms with Crippen LogP contribution in [0.4, 0.5) is 4.39 Å². The first-order valence-electron chi connectivity index (χ1n) is 12.5. The Bertz CT molecular complexity index is 1040. The van der Waals surface area contributed by atoms with Crippen molar-refractivity contribution >= 4 is 34.8 Å². The van der Waals surface area contributed by atoms with E-state index in [-0.39, 0.29) is 24.5 Å². The fourth-order valence-corrected chi connectivity index (χ4v) is 5.88. The lowest BCUT2D eigenvalue weighted by molar-refractivity contribution is -0.971. The lowest BCUT2D eigenvalue weighted by Gasteiger charge is -2.50. The highest BCUT2D eigenvalue weighted by Crippen LogP contribution is 2.28. The molecule has 2 aliphatic rings. The van der Waals surface area contributed by atoms with Crippen molar-refractivity contribution in [1.82, 2.24) is 15.5 Å². The van der Waals surface area contributed by atoms with Gasteiger partial charge in [0.15, 0.2) is 5.11 Å². The Hall–Kier alpha value is -2.22. The molecule has 1 saturated heterocycles. The van der Waals surface area contributed by atoms with Gasteiger partial charge in [-0.1, -0.05) is 53.9 Å². The lowest BCUT2D eigenvalue weighted by Crippen LogP contribution is -3.22. The SMILES string of the molecule is Cc1ccc(C[NH+]2CCN(C(=S)NCC(=O)NCc3ccc(F)cc3Cl)CC23CCCCC3)cc1. The Morgan fingerprint density at radius 1 is 1.14 bits per heavy atom. The summed E-state index contributed by atoms with van der Waals surface area (Å²) in [5, 5.41) is 6.91. The Kier molecular flexibility index (Phi) is 8.63. The molecule has 1 aliphatic carbocycles. The fourth-order valence-electron chi connectivity index (χ4n) is 5.42. The molecule has 1 amide bonds. The number of nitrogens with zero attached hydrogens (tertiary/aromatic N) is 1. The third-order valence-electron chi connectivity index (χ3n) is 7.45. The van der Waals surface area contributed by atoms with Crippen molar-refractivity contribution in [2.75, 3.05) is 26.2 Å². The molecule has 2 aromatic carbocycles. The van der Waals surface area contributed by atoms with Gasteiger partial charge < -0.3 is 20.4 Å². The summed E-state index contributed by atoms with van der Waals surface area (Å²) in [6.45, 7) is 6.35. The number of amides is 1. The van der Waals surface area contributed by atoms with Gasteiger partial charge in [0.2, 0.25) is 5.91 Å². The van der Waals surface area contributed by atoms with E-state index in [1.54, 1.807) is 11.0 Å². The molecule has 4 rings (SSSR count). The van der Waals surface area contributed by atoms with E-state index in [0.29, 0.717) is 15.7 Å². The maximum absolute atomic E-state index is 13.2. The molecule has 188 valence electrons. The number of benzene rings is 2. The predicted molar refractivity (Wildman–Crippen MR) is 142 cm³/mol. The summed E-state index contributed by atoms with van der Waals surface area (Å²) >= 11 is 11.7. The maximum Gasteiger partial charge on any atom is 0.239 e. The molecular weight excluding hydrogens is 483 g/mol. The molecule has 5 nitrogen and oxygen atoms in total. The molecule has 1 heterocycles. The average Bonchev–Trinajstić information content (AvgIpc) is 2.85. The van der Waals surface area contributed by atoms with Crippen molar-refractivity contribution in [2.24, 2.45) is 0 Å². The van der Waals surface area contributed by atoms with Crippen LogP contribution in [0, 0.1) is 12.7 Å². The van der Waals surface area contributed by atoms with E-state index in [9.17, 15) is 9.18 Å². The first kappa shape index (κ1) is 25.9. The first-order valence-corrected chi connectivity index (χ1v) is 13.3. The molecule has 1 atom stereocenters. The number of aryl methyl sites for hydroxylation is 1. The number of quaternary nitrogens is 1. The van der Waals surface area contributed by atoms with E-state index >= 15 is 0 Å². The smallest absolute Gasteiger partial charge is 0.239 e. The molecule has 1 unspecified atom stereocenters. The third kappa shape index (κ3) is 6.72. The minimum atomic E-state index is -0.395. The molecule has 0 radical (unpaired) electrons. The number of hydrogen-bond acceptors (Lipinski definition) is 2. The number of halogens is 2. The zero-order valence-electron chi connectivity index (χ0n) is 20.3. The van der Waals surface area contributed by atoms with Gasteiger partial charge >= 0.3 is 0 Å². The van der Waals surface area contributed by atoms with E-state index in [4.69, 9.17) is 23.8 Å². The second-order valence-electron chi connectivity index (χ2n) is 9.95. The van der Waals surface area contributed by atoms with Gasteiger partial charge in [-0.2, -0.15) is 0 Å². The Morgan fingerprint density at radius 3 is 2.60 bits per heavy atom. The van der Waals surface area contributed by atoms with Crippen LogP contribution in [-0.4, -0.2) is 47.6 Å². The number of carbonyl (C=O) groups excluding carboxylic acids is 1. The van der Waals surface area contributed by atoms with E-state index in [1.807, 2.05) is 0 Å². The first-order chi connectivity index (χ1) is 16.8. The van der Waals surface area contributed by atoms with Crippen LogP contribution in [0.25, 0.3) is 0 Å². The van der Waals surface area contributed by atoms with Crippen LogP contribution in [0.1, 0.15) is 48.8 Å². The van der Waals surface area contributed by atoms with Crippen molar-refractivity contribution in [3.8, 4) is 0 Å². The second-order valence-corrected chi connectivity index (χ2v) is 10.7. The summed E-state index contributed by atoms with van der Waals surface area (Å²) in [5.74, 6) is -0.572. The van der Waals surface area contributed by atoms with Crippen molar-refractivity contribution in [1.29, 1.82) is 0 Å². The Balaban J connectivity index is 1.31. The van der Waals surface area contributed by atoms with Crippen LogP contribution in [-0.2, 0) is 17.9 Å². The van der Waals surface area contributed by atoms with Crippen LogP contribution in [0.5, 0.6) is 0 Å². The molecule has 2 fully saturated rings. The highest BCUT2D eigenvalue weighted by molar-refractivity contribution is 7.80. The van der Waals surface area contributed by atoms with Gasteiger partial charge in [-0.05, 0) is 49.7 Å². The summed E-state index contributed by atoms with van der Waals surface area (Å²) < 4.78 is 13.2. The lowest BCUT2D eigenvalue weighted by atomic mass is 9.78. The van der Waals surface area contributed by atoms with Crippen LogP contribution in [0.3, 0.4) is 0 Å². The van der Waals surface area contributed by atoms with Crippen molar-refractivity contribution in [3.05, 3.63) is 70.0 Å². The summed E-state index contributed by atoms with van der Waals surface area (Å²) in [4.78, 5) is 16.3. The van der Waals surface area contributed by atoms with Crippen LogP contribution in [0.15, 0.2) is 42.5 Å². The van der Waals surface area contributed by atoms with Crippen LogP contribution < -0.4 is 15.5 Å². The Morgan fingerprint density at radius 2 is 1.89 bits per heavy atom. The molecule has 3 N–H and O–H groups in total. The number of nitrogens with one attached hydrogen (secondary N) is 3. The fraction of sp³-hybridized carbons (Fsp3) is 0.481. The van der Waals surface area contributed by atoms with Gasteiger partial charge in [0.25, 0.3) is 0 Å². The minimum Gasteiger partial charge on any atom is -0.353 e.